The normalized spacial score (nSPS) is 22.7. The van der Waals surface area contributed by atoms with Crippen molar-refractivity contribution in [2.24, 2.45) is 16.9 Å². The third-order valence-corrected chi connectivity index (χ3v) is 5.75. The maximum atomic E-state index is 13.5. The molecule has 2 bridgehead atoms. The quantitative estimate of drug-likeness (QED) is 0.445. The fraction of sp³-hybridized carbons (Fsp3) is 0.429. The van der Waals surface area contributed by atoms with Crippen LogP contribution in [0.3, 0.4) is 0 Å². The lowest BCUT2D eigenvalue weighted by atomic mass is 9.90. The van der Waals surface area contributed by atoms with Crippen LogP contribution in [0.5, 0.6) is 5.88 Å². The number of nitrogens with zero attached hydrogens (tertiary/aromatic N) is 5. The number of ether oxygens (including phenoxy) is 1. The number of carbonyl (C=O) groups excluding carboxylic acids is 1. The molecule has 158 valence electrons. The van der Waals surface area contributed by atoms with Gasteiger partial charge >= 0.3 is 0 Å². The smallest absolute Gasteiger partial charge is 0.275 e. The third kappa shape index (κ3) is 3.85. The van der Waals surface area contributed by atoms with Gasteiger partial charge in [-0.2, -0.15) is 10.2 Å². The summed E-state index contributed by atoms with van der Waals surface area (Å²) in [4.78, 5) is 23.8. The number of carbonyl (C=O) groups is 1. The molecule has 2 N–H and O–H groups in total. The Hall–Kier alpha value is -3.07. The topological polar surface area (TPSA) is 96.9 Å². The highest BCUT2D eigenvalue weighted by Crippen LogP contribution is 2.43. The van der Waals surface area contributed by atoms with Gasteiger partial charge in [-0.15, -0.1) is 0 Å². The Morgan fingerprint density at radius 1 is 1.40 bits per heavy atom. The summed E-state index contributed by atoms with van der Waals surface area (Å²) in [6, 6.07) is 6.62. The number of aryl methyl sites for hydroxylation is 1. The zero-order valence-electron chi connectivity index (χ0n) is 17.0. The number of nitrogens with two attached hydrogens (primary N) is 1. The van der Waals surface area contributed by atoms with Crippen molar-refractivity contribution in [3.8, 4) is 5.88 Å². The van der Waals surface area contributed by atoms with E-state index >= 15 is 0 Å². The Labute approximate surface area is 174 Å². The van der Waals surface area contributed by atoms with Gasteiger partial charge in [0, 0.05) is 36.0 Å². The Balaban J connectivity index is 1.51. The van der Waals surface area contributed by atoms with Crippen LogP contribution in [0.2, 0.25) is 0 Å². The lowest BCUT2D eigenvalue weighted by Crippen LogP contribution is -2.39. The number of hydrogen-bond acceptors (Lipinski definition) is 7. The SMILES string of the molecule is C/C=N\N(N)c1ccc(C)nc1C(=O)N1C2CCC1C(COc1ccc(F)cn1)C2. The van der Waals surface area contributed by atoms with Gasteiger partial charge in [-0.05, 0) is 51.3 Å². The van der Waals surface area contributed by atoms with E-state index in [2.05, 4.69) is 15.1 Å². The molecular formula is C21H25FN6O2. The molecule has 2 aromatic rings. The number of rotatable bonds is 6. The molecule has 2 aliphatic rings. The Kier molecular flexibility index (Phi) is 5.63. The van der Waals surface area contributed by atoms with Crippen molar-refractivity contribution in [3.05, 3.63) is 47.7 Å². The Morgan fingerprint density at radius 2 is 2.23 bits per heavy atom. The molecule has 3 atom stereocenters. The standard InChI is InChI=1S/C21H25FN6O2/c1-3-25-28(23)18-7-4-13(2)26-20(18)21(29)27-16-6-8-17(27)14(10-16)12-30-19-9-5-15(22)11-24-19/h3-5,7,9,11,14,16-17H,6,8,10,12,23H2,1-2H3/b25-3-. The van der Waals surface area contributed by atoms with E-state index < -0.39 is 5.82 Å². The number of hydrazone groups is 1. The highest BCUT2D eigenvalue weighted by molar-refractivity contribution is 5.98. The number of hydrazine groups is 1. The summed E-state index contributed by atoms with van der Waals surface area (Å²) in [6.07, 6.45) is 5.43. The van der Waals surface area contributed by atoms with Crippen LogP contribution >= 0.6 is 0 Å². The van der Waals surface area contributed by atoms with Crippen molar-refractivity contribution in [1.82, 2.24) is 14.9 Å². The lowest BCUT2D eigenvalue weighted by molar-refractivity contribution is 0.0704. The summed E-state index contributed by atoms with van der Waals surface area (Å²) in [5, 5.41) is 5.23. The van der Waals surface area contributed by atoms with Crippen LogP contribution in [0.25, 0.3) is 0 Å². The molecule has 0 radical (unpaired) electrons. The number of anilines is 1. The molecule has 8 nitrogen and oxygen atoms in total. The van der Waals surface area contributed by atoms with E-state index in [4.69, 9.17) is 10.6 Å². The second kappa shape index (κ2) is 8.35. The van der Waals surface area contributed by atoms with Gasteiger partial charge in [0.05, 0.1) is 12.8 Å². The zero-order valence-corrected chi connectivity index (χ0v) is 17.0. The number of amides is 1. The molecule has 0 aliphatic carbocycles. The molecule has 9 heteroatoms. The Morgan fingerprint density at radius 3 is 2.97 bits per heavy atom. The van der Waals surface area contributed by atoms with Gasteiger partial charge in [-0.3, -0.25) is 4.79 Å². The van der Waals surface area contributed by atoms with Crippen molar-refractivity contribution in [3.63, 3.8) is 0 Å². The molecule has 4 rings (SSSR count). The molecule has 0 saturated carbocycles. The number of aromatic nitrogens is 2. The molecule has 4 heterocycles. The first-order valence-corrected chi connectivity index (χ1v) is 10.1. The molecule has 2 aromatic heterocycles. The van der Waals surface area contributed by atoms with E-state index in [9.17, 15) is 9.18 Å². The highest BCUT2D eigenvalue weighted by atomic mass is 19.1. The first-order valence-electron chi connectivity index (χ1n) is 10.1. The molecule has 0 spiro atoms. The van der Waals surface area contributed by atoms with E-state index in [-0.39, 0.29) is 23.9 Å². The van der Waals surface area contributed by atoms with Gasteiger partial charge in [0.25, 0.3) is 5.91 Å². The summed E-state index contributed by atoms with van der Waals surface area (Å²) in [5.74, 6) is 6.04. The van der Waals surface area contributed by atoms with Gasteiger partial charge in [0.1, 0.15) is 11.5 Å². The number of pyridine rings is 2. The van der Waals surface area contributed by atoms with Gasteiger partial charge in [-0.1, -0.05) is 0 Å². The summed E-state index contributed by atoms with van der Waals surface area (Å²) in [5.41, 5.74) is 1.52. The Bertz CT molecular complexity index is 951. The second-order valence-electron chi connectivity index (χ2n) is 7.67. The van der Waals surface area contributed by atoms with Gasteiger partial charge in [0.2, 0.25) is 5.88 Å². The molecule has 30 heavy (non-hydrogen) atoms. The largest absolute Gasteiger partial charge is 0.477 e. The lowest BCUT2D eigenvalue weighted by Gasteiger charge is -2.26. The highest BCUT2D eigenvalue weighted by Gasteiger charge is 2.49. The van der Waals surface area contributed by atoms with Crippen LogP contribution in [0, 0.1) is 18.7 Å². The van der Waals surface area contributed by atoms with Crippen LogP contribution in [-0.2, 0) is 0 Å². The zero-order chi connectivity index (χ0) is 21.3. The fourth-order valence-corrected chi connectivity index (χ4v) is 4.45. The van der Waals surface area contributed by atoms with Crippen molar-refractivity contribution in [1.29, 1.82) is 0 Å². The van der Waals surface area contributed by atoms with E-state index in [0.29, 0.717) is 23.9 Å². The van der Waals surface area contributed by atoms with Crippen molar-refractivity contribution in [2.75, 3.05) is 11.7 Å². The third-order valence-electron chi connectivity index (χ3n) is 5.75. The predicted octanol–water partition coefficient (Wildman–Crippen LogP) is 2.68. The predicted molar refractivity (Wildman–Crippen MR) is 111 cm³/mol. The van der Waals surface area contributed by atoms with E-state index in [1.54, 1.807) is 19.2 Å². The van der Waals surface area contributed by atoms with Crippen LogP contribution in [-0.4, -0.2) is 45.7 Å². The van der Waals surface area contributed by atoms with Gasteiger partial charge in [-0.25, -0.2) is 20.2 Å². The molecular weight excluding hydrogens is 387 g/mol. The molecule has 2 aliphatic heterocycles. The van der Waals surface area contributed by atoms with Crippen LogP contribution in [0.15, 0.2) is 35.6 Å². The summed E-state index contributed by atoms with van der Waals surface area (Å²) < 4.78 is 18.8. The fourth-order valence-electron chi connectivity index (χ4n) is 4.45. The van der Waals surface area contributed by atoms with Crippen molar-refractivity contribution < 1.29 is 13.9 Å². The van der Waals surface area contributed by atoms with E-state index in [1.165, 1.54) is 17.3 Å². The molecule has 2 saturated heterocycles. The van der Waals surface area contributed by atoms with E-state index in [1.807, 2.05) is 17.9 Å². The van der Waals surface area contributed by atoms with Crippen LogP contribution < -0.4 is 15.7 Å². The summed E-state index contributed by atoms with van der Waals surface area (Å²) in [6.45, 7) is 4.03. The molecule has 0 aromatic carbocycles. The minimum atomic E-state index is -0.401. The molecule has 2 fully saturated rings. The second-order valence-corrected chi connectivity index (χ2v) is 7.67. The van der Waals surface area contributed by atoms with Gasteiger partial charge in [0.15, 0.2) is 5.69 Å². The molecule has 3 unspecified atom stereocenters. The summed E-state index contributed by atoms with van der Waals surface area (Å²) in [7, 11) is 0. The first kappa shape index (κ1) is 20.2. The van der Waals surface area contributed by atoms with E-state index in [0.717, 1.165) is 31.2 Å². The first-order chi connectivity index (χ1) is 14.5. The summed E-state index contributed by atoms with van der Waals surface area (Å²) >= 11 is 0. The number of fused-ring (bicyclic) bond motifs is 2. The average molecular weight is 412 g/mol. The monoisotopic (exact) mass is 412 g/mol. The molecule has 1 amide bonds. The maximum Gasteiger partial charge on any atom is 0.275 e. The van der Waals surface area contributed by atoms with Crippen LogP contribution in [0.1, 0.15) is 42.4 Å². The number of halogens is 1. The van der Waals surface area contributed by atoms with Gasteiger partial charge < -0.3 is 9.64 Å². The van der Waals surface area contributed by atoms with Crippen molar-refractivity contribution >= 4 is 17.8 Å². The minimum absolute atomic E-state index is 0.0685. The maximum absolute atomic E-state index is 13.5. The number of hydrogen-bond donors (Lipinski definition) is 1. The minimum Gasteiger partial charge on any atom is -0.477 e. The average Bonchev–Trinajstić information content (AvgIpc) is 3.31. The van der Waals surface area contributed by atoms with Crippen LogP contribution in [0.4, 0.5) is 10.1 Å². The van der Waals surface area contributed by atoms with Crippen molar-refractivity contribution in [2.45, 2.75) is 45.2 Å².